The molecule has 3 aliphatic rings. The second kappa shape index (κ2) is 12.8. The predicted octanol–water partition coefficient (Wildman–Crippen LogP) is 4.99. The lowest BCUT2D eigenvalue weighted by Gasteiger charge is -2.32. The lowest BCUT2D eigenvalue weighted by Crippen LogP contribution is -2.45. The van der Waals surface area contributed by atoms with Crippen molar-refractivity contribution in [1.82, 2.24) is 0 Å². The second-order valence-electron chi connectivity index (χ2n) is 10.5. The van der Waals surface area contributed by atoms with Crippen molar-refractivity contribution in [3.05, 3.63) is 47.6 Å². The first-order chi connectivity index (χ1) is 17.2. The molecule has 0 amide bonds. The number of methoxy groups -OCH3 is 1. The lowest BCUT2D eigenvalue weighted by atomic mass is 9.96. The van der Waals surface area contributed by atoms with E-state index in [1.165, 1.54) is 18.3 Å². The molecule has 0 unspecified atom stereocenters. The normalized spacial score (nSPS) is 37.4. The highest BCUT2D eigenvalue weighted by atomic mass is 16.5. The molecule has 1 saturated heterocycles. The summed E-state index contributed by atoms with van der Waals surface area (Å²) in [6, 6.07) is 0. The molecule has 200 valence electrons. The molecule has 0 radical (unpaired) electrons. The van der Waals surface area contributed by atoms with Gasteiger partial charge < -0.3 is 24.5 Å². The molecule has 9 atom stereocenters. The molecule has 7 nitrogen and oxygen atoms in total. The largest absolute Gasteiger partial charge is 0.469 e. The summed E-state index contributed by atoms with van der Waals surface area (Å²) in [6.07, 6.45) is 13.4. The Balaban J connectivity index is 1.56. The number of carbonyl (C=O) groups is 1. The zero-order chi connectivity index (χ0) is 26.4. The number of rotatable bonds is 9. The molecule has 0 aromatic rings. The van der Waals surface area contributed by atoms with Crippen LogP contribution in [0.15, 0.2) is 52.8 Å². The Morgan fingerprint density at radius 1 is 1.28 bits per heavy atom. The Kier molecular flexibility index (Phi) is 10.1. The van der Waals surface area contributed by atoms with Crippen LogP contribution < -0.4 is 0 Å². The van der Waals surface area contributed by atoms with Crippen molar-refractivity contribution in [2.24, 2.45) is 28.8 Å². The molecule has 2 heterocycles. The molecule has 7 heteroatoms. The Bertz CT molecular complexity index is 919. The fraction of sp³-hybridized carbons (Fsp3) is 0.655. The number of nitrogens with zero attached hydrogens (tertiary/aromatic N) is 1. The number of oxime groups is 1. The fourth-order valence-corrected chi connectivity index (χ4v) is 5.28. The molecular formula is C29H43NO6. The van der Waals surface area contributed by atoms with E-state index in [9.17, 15) is 15.1 Å². The first kappa shape index (κ1) is 28.4. The molecule has 36 heavy (non-hydrogen) atoms. The van der Waals surface area contributed by atoms with E-state index in [0.717, 1.165) is 12.8 Å². The summed E-state index contributed by atoms with van der Waals surface area (Å²) in [5.41, 5.74) is 2.83. The van der Waals surface area contributed by atoms with E-state index in [-0.39, 0.29) is 30.8 Å². The second-order valence-corrected chi connectivity index (χ2v) is 10.5. The predicted molar refractivity (Wildman–Crippen MR) is 140 cm³/mol. The number of hydrogen-bond donors (Lipinski definition) is 2. The summed E-state index contributed by atoms with van der Waals surface area (Å²) in [7, 11) is 1.32. The van der Waals surface area contributed by atoms with E-state index in [1.807, 2.05) is 6.08 Å². The minimum Gasteiger partial charge on any atom is -0.469 e. The van der Waals surface area contributed by atoms with E-state index in [2.05, 4.69) is 70.2 Å². The highest BCUT2D eigenvalue weighted by molar-refractivity contribution is 5.90. The van der Waals surface area contributed by atoms with Crippen LogP contribution in [-0.2, 0) is 19.0 Å². The molecule has 0 aromatic heterocycles. The van der Waals surface area contributed by atoms with E-state index < -0.39 is 24.3 Å². The Labute approximate surface area is 215 Å². The summed E-state index contributed by atoms with van der Waals surface area (Å²) < 4.78 is 16.9. The van der Waals surface area contributed by atoms with Crippen molar-refractivity contribution in [2.75, 3.05) is 7.11 Å². The number of ether oxygens (including phenoxy) is 3. The van der Waals surface area contributed by atoms with Gasteiger partial charge in [-0.2, -0.15) is 0 Å². The smallest absolute Gasteiger partial charge is 0.308 e. The third-order valence-corrected chi connectivity index (χ3v) is 7.76. The van der Waals surface area contributed by atoms with Crippen LogP contribution in [0.4, 0.5) is 0 Å². The average molecular weight is 502 g/mol. The van der Waals surface area contributed by atoms with Gasteiger partial charge in [-0.15, -0.1) is 0 Å². The van der Waals surface area contributed by atoms with Gasteiger partial charge in [0.2, 0.25) is 0 Å². The van der Waals surface area contributed by atoms with Gasteiger partial charge >= 0.3 is 5.97 Å². The topological polar surface area (TPSA) is 97.6 Å². The molecule has 2 aliphatic heterocycles. The first-order valence-corrected chi connectivity index (χ1v) is 13.2. The Hall–Kier alpha value is -2.22. The maximum absolute atomic E-state index is 11.6. The lowest BCUT2D eigenvalue weighted by molar-refractivity contribution is -0.146. The fourth-order valence-electron chi connectivity index (χ4n) is 5.28. The minimum atomic E-state index is -1.04. The maximum Gasteiger partial charge on any atom is 0.308 e. The number of esters is 1. The van der Waals surface area contributed by atoms with Gasteiger partial charge in [0.15, 0.2) is 0 Å². The monoisotopic (exact) mass is 501 g/mol. The first-order valence-electron chi connectivity index (χ1n) is 13.2. The third-order valence-electron chi connectivity index (χ3n) is 7.76. The van der Waals surface area contributed by atoms with Crippen molar-refractivity contribution in [2.45, 2.75) is 90.8 Å². The number of aliphatic hydroxyl groups is 1. The summed E-state index contributed by atoms with van der Waals surface area (Å²) in [5.74, 6) is 1.18. The molecule has 2 fully saturated rings. The van der Waals surface area contributed by atoms with Crippen molar-refractivity contribution >= 4 is 11.7 Å². The molecule has 0 bridgehead atoms. The Morgan fingerprint density at radius 3 is 2.67 bits per heavy atom. The quantitative estimate of drug-likeness (QED) is 0.200. The van der Waals surface area contributed by atoms with Gasteiger partial charge in [0, 0.05) is 6.42 Å². The zero-order valence-electron chi connectivity index (χ0n) is 22.5. The summed E-state index contributed by atoms with van der Waals surface area (Å²) >= 11 is 0. The van der Waals surface area contributed by atoms with Crippen molar-refractivity contribution in [3.63, 3.8) is 0 Å². The number of hydrogen-bond acceptors (Lipinski definition) is 7. The maximum atomic E-state index is 11.6. The summed E-state index contributed by atoms with van der Waals surface area (Å²) in [6.45, 7) is 10.9. The van der Waals surface area contributed by atoms with E-state index in [1.54, 1.807) is 0 Å². The number of carbonyl (C=O) groups excluding carboxylic acids is 1. The number of aliphatic hydroxyl groups excluding tert-OH is 1. The van der Waals surface area contributed by atoms with Crippen LogP contribution in [0.3, 0.4) is 0 Å². The SMILES string of the molecule is CC[C@H]1O[C@@H](/C(C)=C/[C@H](C)/C=C/[C@H]2[C@@H](C)[C@@H]2/C=C/[C@@H]2O[C@H](CC(=O)OC)C/C(=N/O)[C@H]2O)CC=C1C. The van der Waals surface area contributed by atoms with Crippen molar-refractivity contribution in [3.8, 4) is 0 Å². The van der Waals surface area contributed by atoms with Gasteiger partial charge in [0.05, 0.1) is 37.6 Å². The van der Waals surface area contributed by atoms with Crippen molar-refractivity contribution < 1.29 is 29.3 Å². The Morgan fingerprint density at radius 2 is 2.00 bits per heavy atom. The van der Waals surface area contributed by atoms with Gasteiger partial charge in [-0.3, -0.25) is 4.79 Å². The van der Waals surface area contributed by atoms with Crippen LogP contribution in [0.25, 0.3) is 0 Å². The van der Waals surface area contributed by atoms with Gasteiger partial charge in [-0.05, 0) is 61.5 Å². The van der Waals surface area contributed by atoms with Gasteiger partial charge in [0.1, 0.15) is 12.2 Å². The van der Waals surface area contributed by atoms with E-state index in [0.29, 0.717) is 23.7 Å². The zero-order valence-corrected chi connectivity index (χ0v) is 22.5. The van der Waals surface area contributed by atoms with Crippen molar-refractivity contribution in [1.29, 1.82) is 0 Å². The van der Waals surface area contributed by atoms with Crippen LogP contribution in [0, 0.1) is 23.7 Å². The van der Waals surface area contributed by atoms with Crippen LogP contribution >= 0.6 is 0 Å². The van der Waals surface area contributed by atoms with Crippen LogP contribution in [-0.4, -0.2) is 59.6 Å². The summed E-state index contributed by atoms with van der Waals surface area (Å²) in [4.78, 5) is 11.6. The molecule has 0 aromatic carbocycles. The molecule has 1 aliphatic carbocycles. The van der Waals surface area contributed by atoms with Gasteiger partial charge in [-0.25, -0.2) is 0 Å². The van der Waals surface area contributed by atoms with Gasteiger partial charge in [0.25, 0.3) is 0 Å². The van der Waals surface area contributed by atoms with Crippen LogP contribution in [0.2, 0.25) is 0 Å². The molecular weight excluding hydrogens is 458 g/mol. The highest BCUT2D eigenvalue weighted by Gasteiger charge is 2.43. The van der Waals surface area contributed by atoms with Crippen LogP contribution in [0.5, 0.6) is 0 Å². The van der Waals surface area contributed by atoms with E-state index >= 15 is 0 Å². The van der Waals surface area contributed by atoms with Crippen LogP contribution in [0.1, 0.15) is 60.3 Å². The molecule has 3 rings (SSSR count). The molecule has 0 spiro atoms. The molecule has 2 N–H and O–H groups in total. The average Bonchev–Trinajstić information content (AvgIpc) is 3.49. The summed E-state index contributed by atoms with van der Waals surface area (Å²) in [5, 5.41) is 23.0. The highest BCUT2D eigenvalue weighted by Crippen LogP contribution is 2.48. The third kappa shape index (κ3) is 7.17. The van der Waals surface area contributed by atoms with E-state index in [4.69, 9.17) is 14.2 Å². The minimum absolute atomic E-state index is 0.0451. The van der Waals surface area contributed by atoms with Gasteiger partial charge in [-0.1, -0.05) is 62.4 Å². The standard InChI is InChI=1S/C29H43NO6/c1-7-25-18(3)9-12-26(36-25)19(4)14-17(2)8-10-22-20(5)23(22)11-13-27-29(32)24(30-33)15-21(35-27)16-28(31)34-6/h8-11,13-14,17,20-23,25-27,29,32-33H,7,12,15-16H2,1-6H3/b10-8+,13-11+,19-14+,30-24-/t17-,20-,21+,22+,23+,25-,26-,27+,29-/m1/s1. The molecule has 1 saturated carbocycles. The number of allylic oxidation sites excluding steroid dienone is 4.